The predicted molar refractivity (Wildman–Crippen MR) is 55.1 cm³/mol. The van der Waals surface area contributed by atoms with E-state index in [0.717, 1.165) is 13.0 Å². The van der Waals surface area contributed by atoms with Crippen molar-refractivity contribution in [1.29, 1.82) is 0 Å². The lowest BCUT2D eigenvalue weighted by Gasteiger charge is -2.09. The highest BCUT2D eigenvalue weighted by Gasteiger charge is 2.18. The number of hydrogen-bond donors (Lipinski definition) is 1. The highest BCUT2D eigenvalue weighted by atomic mass is 16.1. The summed E-state index contributed by atoms with van der Waals surface area (Å²) >= 11 is 0. The fourth-order valence-electron chi connectivity index (χ4n) is 1.31. The Labute approximate surface area is 84.1 Å². The molecule has 1 unspecified atom stereocenters. The van der Waals surface area contributed by atoms with Gasteiger partial charge in [-0.05, 0) is 12.8 Å². The summed E-state index contributed by atoms with van der Waals surface area (Å²) in [5.74, 6) is 0.423. The molecule has 1 aromatic rings. The molecule has 0 aliphatic heterocycles. The number of nitrogens with zero attached hydrogens (tertiary/aromatic N) is 2. The van der Waals surface area contributed by atoms with Gasteiger partial charge in [0.05, 0.1) is 6.04 Å². The largest absolute Gasteiger partial charge is 0.328 e. The van der Waals surface area contributed by atoms with Crippen molar-refractivity contribution in [3.63, 3.8) is 0 Å². The molecular weight excluding hydrogens is 178 g/mol. The average Bonchev–Trinajstić information content (AvgIpc) is 2.64. The second kappa shape index (κ2) is 4.91. The van der Waals surface area contributed by atoms with Crippen molar-refractivity contribution >= 4 is 5.78 Å². The zero-order valence-corrected chi connectivity index (χ0v) is 8.73. The molecule has 4 heteroatoms. The van der Waals surface area contributed by atoms with E-state index in [-0.39, 0.29) is 5.78 Å². The van der Waals surface area contributed by atoms with Gasteiger partial charge in [-0.3, -0.25) is 4.79 Å². The lowest BCUT2D eigenvalue weighted by molar-refractivity contribution is 0.0944. The predicted octanol–water partition coefficient (Wildman–Crippen LogP) is 1.21. The van der Waals surface area contributed by atoms with Crippen LogP contribution in [0.3, 0.4) is 0 Å². The Morgan fingerprint density at radius 2 is 2.36 bits per heavy atom. The van der Waals surface area contributed by atoms with Crippen LogP contribution in [0.2, 0.25) is 0 Å². The molecule has 0 saturated heterocycles. The van der Waals surface area contributed by atoms with Crippen LogP contribution < -0.4 is 5.73 Å². The Bertz CT molecular complexity index is 306. The Kier molecular flexibility index (Phi) is 3.83. The van der Waals surface area contributed by atoms with E-state index in [1.165, 1.54) is 0 Å². The Hall–Kier alpha value is -1.16. The minimum absolute atomic E-state index is 0.0639. The Morgan fingerprint density at radius 1 is 1.64 bits per heavy atom. The fourth-order valence-corrected chi connectivity index (χ4v) is 1.31. The van der Waals surface area contributed by atoms with Gasteiger partial charge in [-0.2, -0.15) is 0 Å². The zero-order valence-electron chi connectivity index (χ0n) is 8.73. The minimum Gasteiger partial charge on any atom is -0.328 e. The van der Waals surface area contributed by atoms with Gasteiger partial charge in [0.25, 0.3) is 0 Å². The standard InChI is InChI=1S/C10H17N3O/c1-3-6-13-7-5-12-10(13)9(14)8(11)4-2/h5,7-8H,3-4,6,11H2,1-2H3. The summed E-state index contributed by atoms with van der Waals surface area (Å²) in [6, 6.07) is -0.423. The number of rotatable bonds is 5. The summed E-state index contributed by atoms with van der Waals surface area (Å²) in [6.07, 6.45) is 5.10. The fraction of sp³-hybridized carbons (Fsp3) is 0.600. The summed E-state index contributed by atoms with van der Waals surface area (Å²) in [5.41, 5.74) is 5.67. The van der Waals surface area contributed by atoms with Crippen LogP contribution in [0.25, 0.3) is 0 Å². The van der Waals surface area contributed by atoms with Crippen LogP contribution in [-0.2, 0) is 6.54 Å². The van der Waals surface area contributed by atoms with E-state index in [4.69, 9.17) is 5.73 Å². The van der Waals surface area contributed by atoms with Crippen molar-refractivity contribution < 1.29 is 4.79 Å². The minimum atomic E-state index is -0.423. The third-order valence-corrected chi connectivity index (χ3v) is 2.18. The van der Waals surface area contributed by atoms with Crippen LogP contribution in [0.1, 0.15) is 37.3 Å². The molecule has 1 heterocycles. The lowest BCUT2D eigenvalue weighted by Crippen LogP contribution is -2.31. The van der Waals surface area contributed by atoms with Gasteiger partial charge in [0.15, 0.2) is 5.82 Å². The normalized spacial score (nSPS) is 12.8. The number of Topliss-reactive ketones (excluding diaryl/α,β-unsaturated/α-hetero) is 1. The van der Waals surface area contributed by atoms with E-state index in [0.29, 0.717) is 12.2 Å². The number of aromatic nitrogens is 2. The average molecular weight is 195 g/mol. The second-order valence-electron chi connectivity index (χ2n) is 3.32. The van der Waals surface area contributed by atoms with Crippen molar-refractivity contribution in [2.45, 2.75) is 39.3 Å². The molecule has 0 radical (unpaired) electrons. The van der Waals surface area contributed by atoms with Gasteiger partial charge in [-0.1, -0.05) is 13.8 Å². The molecule has 78 valence electrons. The van der Waals surface area contributed by atoms with Crippen molar-refractivity contribution in [2.24, 2.45) is 5.73 Å². The first-order chi connectivity index (χ1) is 6.70. The molecular formula is C10H17N3O. The monoisotopic (exact) mass is 195 g/mol. The van der Waals surface area contributed by atoms with Crippen LogP contribution in [0.4, 0.5) is 0 Å². The van der Waals surface area contributed by atoms with E-state index >= 15 is 0 Å². The number of ketones is 1. The molecule has 0 saturated carbocycles. The third-order valence-electron chi connectivity index (χ3n) is 2.18. The van der Waals surface area contributed by atoms with Crippen molar-refractivity contribution in [3.8, 4) is 0 Å². The molecule has 4 nitrogen and oxygen atoms in total. The molecule has 1 aromatic heterocycles. The number of carbonyl (C=O) groups is 1. The maximum atomic E-state index is 11.7. The molecule has 14 heavy (non-hydrogen) atoms. The summed E-state index contributed by atoms with van der Waals surface area (Å²) in [7, 11) is 0. The summed E-state index contributed by atoms with van der Waals surface area (Å²) in [5, 5.41) is 0. The molecule has 0 aliphatic carbocycles. The Morgan fingerprint density at radius 3 is 2.93 bits per heavy atom. The van der Waals surface area contributed by atoms with Crippen LogP contribution in [-0.4, -0.2) is 21.4 Å². The quantitative estimate of drug-likeness (QED) is 0.718. The molecule has 0 bridgehead atoms. The third kappa shape index (κ3) is 2.20. The van der Waals surface area contributed by atoms with Crippen LogP contribution in [0.15, 0.2) is 12.4 Å². The number of imidazole rings is 1. The SMILES string of the molecule is CCCn1ccnc1C(=O)C(N)CC. The zero-order chi connectivity index (χ0) is 10.6. The van der Waals surface area contributed by atoms with Gasteiger partial charge in [0.1, 0.15) is 0 Å². The second-order valence-corrected chi connectivity index (χ2v) is 3.32. The molecule has 0 spiro atoms. The van der Waals surface area contributed by atoms with Gasteiger partial charge in [-0.25, -0.2) is 4.98 Å². The molecule has 0 amide bonds. The number of nitrogens with two attached hydrogens (primary N) is 1. The summed E-state index contributed by atoms with van der Waals surface area (Å²) in [6.45, 7) is 4.78. The summed E-state index contributed by atoms with van der Waals surface area (Å²) in [4.78, 5) is 15.8. The maximum absolute atomic E-state index is 11.7. The first-order valence-corrected chi connectivity index (χ1v) is 5.01. The van der Waals surface area contributed by atoms with Gasteiger partial charge in [-0.15, -0.1) is 0 Å². The first kappa shape index (κ1) is 10.9. The Balaban J connectivity index is 2.83. The van der Waals surface area contributed by atoms with Crippen LogP contribution in [0, 0.1) is 0 Å². The first-order valence-electron chi connectivity index (χ1n) is 5.01. The summed E-state index contributed by atoms with van der Waals surface area (Å²) < 4.78 is 1.86. The van der Waals surface area contributed by atoms with Gasteiger partial charge in [0, 0.05) is 18.9 Å². The van der Waals surface area contributed by atoms with E-state index in [1.807, 2.05) is 17.7 Å². The van der Waals surface area contributed by atoms with E-state index in [1.54, 1.807) is 6.20 Å². The van der Waals surface area contributed by atoms with Gasteiger partial charge >= 0.3 is 0 Å². The van der Waals surface area contributed by atoms with E-state index in [2.05, 4.69) is 11.9 Å². The molecule has 2 N–H and O–H groups in total. The lowest BCUT2D eigenvalue weighted by atomic mass is 10.1. The maximum Gasteiger partial charge on any atom is 0.214 e. The van der Waals surface area contributed by atoms with E-state index < -0.39 is 6.04 Å². The van der Waals surface area contributed by atoms with E-state index in [9.17, 15) is 4.79 Å². The molecule has 1 rings (SSSR count). The van der Waals surface area contributed by atoms with Gasteiger partial charge in [0.2, 0.25) is 5.78 Å². The van der Waals surface area contributed by atoms with Crippen molar-refractivity contribution in [2.75, 3.05) is 0 Å². The van der Waals surface area contributed by atoms with Gasteiger partial charge < -0.3 is 10.3 Å². The molecule has 0 aliphatic rings. The molecule has 0 aromatic carbocycles. The van der Waals surface area contributed by atoms with Crippen molar-refractivity contribution in [3.05, 3.63) is 18.2 Å². The topological polar surface area (TPSA) is 60.9 Å². The molecule has 0 fully saturated rings. The van der Waals surface area contributed by atoms with Crippen molar-refractivity contribution in [1.82, 2.24) is 9.55 Å². The molecule has 1 atom stereocenters. The number of aryl methyl sites for hydroxylation is 1. The number of carbonyl (C=O) groups excluding carboxylic acids is 1. The van der Waals surface area contributed by atoms with Crippen LogP contribution in [0.5, 0.6) is 0 Å². The smallest absolute Gasteiger partial charge is 0.214 e. The number of hydrogen-bond acceptors (Lipinski definition) is 3. The van der Waals surface area contributed by atoms with Crippen LogP contribution >= 0.6 is 0 Å². The highest BCUT2D eigenvalue weighted by Crippen LogP contribution is 2.04. The highest BCUT2D eigenvalue weighted by molar-refractivity contribution is 5.96.